The molecule has 3 N–H and O–H groups in total. The minimum absolute atomic E-state index is 0.676. The van der Waals surface area contributed by atoms with Crippen molar-refractivity contribution < 1.29 is 34.1 Å². The summed E-state index contributed by atoms with van der Waals surface area (Å²) < 4.78 is 9.32. The quantitative estimate of drug-likeness (QED) is 0.485. The number of ether oxygens (including phenoxy) is 2. The fourth-order valence-corrected chi connectivity index (χ4v) is 1.07. The van der Waals surface area contributed by atoms with E-state index in [0.717, 1.165) is 0 Å². The normalized spacial score (nSPS) is 14.2. The van der Waals surface area contributed by atoms with Crippen molar-refractivity contribution in [1.82, 2.24) is 5.32 Å². The van der Waals surface area contributed by atoms with Crippen LogP contribution in [0.3, 0.4) is 0 Å². The second kappa shape index (κ2) is 6.93. The smallest absolute Gasteiger partial charge is 0.408 e. The average Bonchev–Trinajstić information content (AvgIpc) is 2.11. The second-order valence-corrected chi connectivity index (χ2v) is 4.83. The van der Waals surface area contributed by atoms with Gasteiger partial charge in [-0.05, 0) is 27.7 Å². The molecule has 1 unspecified atom stereocenters. The van der Waals surface area contributed by atoms with Crippen molar-refractivity contribution in [2.75, 3.05) is 0 Å². The molecule has 2 atom stereocenters. The van der Waals surface area contributed by atoms with E-state index in [1.54, 1.807) is 20.8 Å². The highest BCUT2D eigenvalue weighted by Crippen LogP contribution is 2.08. The molecule has 110 valence electrons. The molecule has 0 saturated heterocycles. The maximum Gasteiger partial charge on any atom is 0.408 e. The van der Waals surface area contributed by atoms with Gasteiger partial charge in [-0.2, -0.15) is 0 Å². The summed E-state index contributed by atoms with van der Waals surface area (Å²) >= 11 is 0. The van der Waals surface area contributed by atoms with Crippen molar-refractivity contribution in [1.29, 1.82) is 0 Å². The van der Waals surface area contributed by atoms with Gasteiger partial charge in [0.25, 0.3) is 0 Å². The molecule has 0 aliphatic heterocycles. The summed E-state index contributed by atoms with van der Waals surface area (Å²) in [7, 11) is 0. The lowest BCUT2D eigenvalue weighted by atomic mass is 10.2. The minimum Gasteiger partial charge on any atom is -0.481 e. The molecule has 19 heavy (non-hydrogen) atoms. The van der Waals surface area contributed by atoms with E-state index in [-0.39, 0.29) is 0 Å². The zero-order valence-electron chi connectivity index (χ0n) is 11.3. The van der Waals surface area contributed by atoms with Crippen LogP contribution in [0, 0.1) is 0 Å². The number of aliphatic hydroxyl groups is 1. The standard InChI is InChI=1S/C11H19NO7/c1-6(13)18-9(16)7(5-8(14)15)12-10(17)19-11(2,3)4/h6-7,13H,5H2,1-4H3,(H,12,17)(H,14,15)/t6?,7-/m0/s1. The number of nitrogens with one attached hydrogen (secondary N) is 1. The first-order chi connectivity index (χ1) is 8.51. The first-order valence-corrected chi connectivity index (χ1v) is 5.61. The molecule has 1 amide bonds. The molecule has 0 aromatic heterocycles. The van der Waals surface area contributed by atoms with Gasteiger partial charge in [0.15, 0.2) is 6.29 Å². The third kappa shape index (κ3) is 8.83. The molecule has 0 aromatic rings. The summed E-state index contributed by atoms with van der Waals surface area (Å²) in [5, 5.41) is 19.6. The Morgan fingerprint density at radius 3 is 2.16 bits per heavy atom. The Kier molecular flexibility index (Phi) is 6.26. The zero-order valence-corrected chi connectivity index (χ0v) is 11.3. The van der Waals surface area contributed by atoms with Crippen molar-refractivity contribution in [2.45, 2.75) is 52.0 Å². The molecule has 8 heteroatoms. The lowest BCUT2D eigenvalue weighted by Gasteiger charge is -2.22. The molecule has 0 saturated carbocycles. The summed E-state index contributed by atoms with van der Waals surface area (Å²) in [5.74, 6) is -2.35. The Balaban J connectivity index is 4.63. The number of carbonyl (C=O) groups is 3. The number of rotatable bonds is 5. The number of aliphatic carboxylic acids is 1. The van der Waals surface area contributed by atoms with Crippen LogP contribution < -0.4 is 5.32 Å². The van der Waals surface area contributed by atoms with Crippen LogP contribution in [0.1, 0.15) is 34.1 Å². The van der Waals surface area contributed by atoms with Crippen LogP contribution in [0.5, 0.6) is 0 Å². The molecule has 0 spiro atoms. The first-order valence-electron chi connectivity index (χ1n) is 5.61. The maximum atomic E-state index is 11.5. The van der Waals surface area contributed by atoms with E-state index in [4.69, 9.17) is 14.9 Å². The van der Waals surface area contributed by atoms with Gasteiger partial charge < -0.3 is 25.0 Å². The molecular weight excluding hydrogens is 258 g/mol. The average molecular weight is 277 g/mol. The van der Waals surface area contributed by atoms with Crippen LogP contribution in [0.4, 0.5) is 4.79 Å². The fraction of sp³-hybridized carbons (Fsp3) is 0.727. The maximum absolute atomic E-state index is 11.5. The Labute approximate surface area is 110 Å². The van der Waals surface area contributed by atoms with E-state index in [1.807, 2.05) is 0 Å². The number of amides is 1. The lowest BCUT2D eigenvalue weighted by Crippen LogP contribution is -2.46. The van der Waals surface area contributed by atoms with Crippen molar-refractivity contribution in [3.05, 3.63) is 0 Å². The third-order valence-electron chi connectivity index (χ3n) is 1.64. The predicted molar refractivity (Wildman–Crippen MR) is 63.2 cm³/mol. The van der Waals surface area contributed by atoms with Gasteiger partial charge in [-0.1, -0.05) is 0 Å². The highest BCUT2D eigenvalue weighted by atomic mass is 16.6. The third-order valence-corrected chi connectivity index (χ3v) is 1.64. The predicted octanol–water partition coefficient (Wildman–Crippen LogP) is 0.236. The Bertz CT molecular complexity index is 345. The largest absolute Gasteiger partial charge is 0.481 e. The summed E-state index contributed by atoms with van der Waals surface area (Å²) in [5.41, 5.74) is -0.786. The van der Waals surface area contributed by atoms with Crippen molar-refractivity contribution >= 4 is 18.0 Å². The van der Waals surface area contributed by atoms with E-state index in [1.165, 1.54) is 6.92 Å². The SMILES string of the molecule is CC(O)OC(=O)[C@H](CC(=O)O)NC(=O)OC(C)(C)C. The zero-order chi connectivity index (χ0) is 15.2. The number of carboxylic acids is 1. The van der Waals surface area contributed by atoms with Crippen LogP contribution in [0.15, 0.2) is 0 Å². The topological polar surface area (TPSA) is 122 Å². The van der Waals surface area contributed by atoms with Gasteiger partial charge in [-0.25, -0.2) is 9.59 Å². The first kappa shape index (κ1) is 17.2. The number of hydrogen-bond donors (Lipinski definition) is 3. The van der Waals surface area contributed by atoms with E-state index in [2.05, 4.69) is 10.1 Å². The van der Waals surface area contributed by atoms with Crippen LogP contribution in [-0.4, -0.2) is 46.2 Å². The van der Waals surface area contributed by atoms with Crippen molar-refractivity contribution in [3.8, 4) is 0 Å². The number of carbonyl (C=O) groups excluding carboxylic acids is 2. The van der Waals surface area contributed by atoms with E-state index in [9.17, 15) is 14.4 Å². The molecule has 0 aliphatic rings. The Morgan fingerprint density at radius 1 is 1.26 bits per heavy atom. The number of carboxylic acid groups (broad SMARTS) is 1. The fourth-order valence-electron chi connectivity index (χ4n) is 1.07. The van der Waals surface area contributed by atoms with Gasteiger partial charge in [0.1, 0.15) is 11.6 Å². The molecule has 0 fully saturated rings. The number of hydrogen-bond acceptors (Lipinski definition) is 6. The van der Waals surface area contributed by atoms with Gasteiger partial charge in [0.2, 0.25) is 0 Å². The molecule has 0 aromatic carbocycles. The molecule has 0 heterocycles. The minimum atomic E-state index is -1.43. The highest BCUT2D eigenvalue weighted by molar-refractivity contribution is 5.85. The Hall–Kier alpha value is -1.83. The molecule has 0 radical (unpaired) electrons. The van der Waals surface area contributed by atoms with Gasteiger partial charge in [-0.3, -0.25) is 4.79 Å². The van der Waals surface area contributed by atoms with Gasteiger partial charge >= 0.3 is 18.0 Å². The number of esters is 1. The molecular formula is C11H19NO7. The Morgan fingerprint density at radius 2 is 1.79 bits per heavy atom. The summed E-state index contributed by atoms with van der Waals surface area (Å²) in [6, 6.07) is -1.43. The van der Waals surface area contributed by atoms with Crippen LogP contribution in [-0.2, 0) is 19.1 Å². The summed E-state index contributed by atoms with van der Waals surface area (Å²) in [6.07, 6.45) is -3.02. The molecule has 0 rings (SSSR count). The molecule has 8 nitrogen and oxygen atoms in total. The summed E-state index contributed by atoms with van der Waals surface area (Å²) in [6.45, 7) is 6.04. The van der Waals surface area contributed by atoms with Gasteiger partial charge in [0, 0.05) is 0 Å². The number of alkyl carbamates (subject to hydrolysis) is 1. The van der Waals surface area contributed by atoms with Gasteiger partial charge in [0.05, 0.1) is 6.42 Å². The van der Waals surface area contributed by atoms with Crippen LogP contribution in [0.25, 0.3) is 0 Å². The lowest BCUT2D eigenvalue weighted by molar-refractivity contribution is -0.169. The second-order valence-electron chi connectivity index (χ2n) is 4.83. The number of aliphatic hydroxyl groups excluding tert-OH is 1. The van der Waals surface area contributed by atoms with E-state index < -0.39 is 42.4 Å². The van der Waals surface area contributed by atoms with E-state index >= 15 is 0 Å². The molecule has 0 bridgehead atoms. The van der Waals surface area contributed by atoms with Gasteiger partial charge in [-0.15, -0.1) is 0 Å². The highest BCUT2D eigenvalue weighted by Gasteiger charge is 2.28. The molecule has 0 aliphatic carbocycles. The van der Waals surface area contributed by atoms with Crippen molar-refractivity contribution in [3.63, 3.8) is 0 Å². The monoisotopic (exact) mass is 277 g/mol. The van der Waals surface area contributed by atoms with Crippen LogP contribution in [0.2, 0.25) is 0 Å². The van der Waals surface area contributed by atoms with E-state index in [0.29, 0.717) is 0 Å². The summed E-state index contributed by atoms with van der Waals surface area (Å²) in [4.78, 5) is 33.5. The van der Waals surface area contributed by atoms with Crippen LogP contribution >= 0.6 is 0 Å². The van der Waals surface area contributed by atoms with Crippen molar-refractivity contribution in [2.24, 2.45) is 0 Å².